The summed E-state index contributed by atoms with van der Waals surface area (Å²) < 4.78 is 5.89. The summed E-state index contributed by atoms with van der Waals surface area (Å²) in [5, 5.41) is 12.6. The molecule has 1 unspecified atom stereocenters. The summed E-state index contributed by atoms with van der Waals surface area (Å²) in [5.74, 6) is 1.58. The summed E-state index contributed by atoms with van der Waals surface area (Å²) in [6.07, 6.45) is 4.82. The minimum Gasteiger partial charge on any atom is -0.452 e. The number of nitrogens with one attached hydrogen (secondary N) is 1. The summed E-state index contributed by atoms with van der Waals surface area (Å²) in [6, 6.07) is 8.00. The van der Waals surface area contributed by atoms with Gasteiger partial charge in [0, 0.05) is 17.0 Å². The number of para-hydroxylation sites is 1. The van der Waals surface area contributed by atoms with Crippen LogP contribution in [0.5, 0.6) is 5.88 Å². The van der Waals surface area contributed by atoms with Crippen LogP contribution in [0.15, 0.2) is 29.4 Å². The highest BCUT2D eigenvalue weighted by atomic mass is 32.2. The van der Waals surface area contributed by atoms with E-state index in [9.17, 15) is 0 Å². The number of hydrogen-bond acceptors (Lipinski definition) is 6. The molecule has 1 atom stereocenters. The van der Waals surface area contributed by atoms with Crippen molar-refractivity contribution in [1.29, 1.82) is 0 Å². The Hall–Kier alpha value is -1.82. The van der Waals surface area contributed by atoms with Crippen LogP contribution in [-0.2, 0) is 0 Å². The lowest BCUT2D eigenvalue weighted by Crippen LogP contribution is -2.21. The third-order valence-electron chi connectivity index (χ3n) is 3.69. The molecule has 1 aromatic heterocycles. The lowest BCUT2D eigenvalue weighted by Gasteiger charge is -2.13. The Balaban J connectivity index is 1.77. The van der Waals surface area contributed by atoms with Crippen LogP contribution in [-0.4, -0.2) is 27.2 Å². The van der Waals surface area contributed by atoms with Gasteiger partial charge in [0.15, 0.2) is 11.9 Å². The first-order chi connectivity index (χ1) is 11.3. The number of anilines is 1. The summed E-state index contributed by atoms with van der Waals surface area (Å²) in [4.78, 5) is 4.57. The molecule has 0 fully saturated rings. The van der Waals surface area contributed by atoms with Crippen LogP contribution in [0.4, 0.5) is 5.69 Å². The summed E-state index contributed by atoms with van der Waals surface area (Å²) in [7, 11) is 0. The number of hydrogen-bond donors (Lipinski definition) is 1. The van der Waals surface area contributed by atoms with Crippen LogP contribution in [0, 0.1) is 0 Å². The van der Waals surface area contributed by atoms with Crippen LogP contribution < -0.4 is 10.1 Å². The Morgan fingerprint density at radius 2 is 2.04 bits per heavy atom. The van der Waals surface area contributed by atoms with Crippen molar-refractivity contribution in [3.05, 3.63) is 24.3 Å². The van der Waals surface area contributed by atoms with Gasteiger partial charge in [0.2, 0.25) is 11.0 Å². The second-order valence-corrected chi connectivity index (χ2v) is 6.67. The van der Waals surface area contributed by atoms with Crippen molar-refractivity contribution >= 4 is 17.4 Å². The van der Waals surface area contributed by atoms with E-state index in [4.69, 9.17) is 4.74 Å². The molecule has 6 heteroatoms. The number of aromatic nitrogens is 3. The van der Waals surface area contributed by atoms with Gasteiger partial charge in [-0.05, 0) is 19.4 Å². The fraction of sp³-hybridized carbons (Fsp3) is 0.471. The lowest BCUT2D eigenvalue weighted by atomic mass is 10.1. The van der Waals surface area contributed by atoms with Crippen molar-refractivity contribution in [3.8, 4) is 17.1 Å². The molecule has 0 spiro atoms. The zero-order valence-electron chi connectivity index (χ0n) is 13.6. The molecule has 1 N–H and O–H groups in total. The van der Waals surface area contributed by atoms with Crippen LogP contribution in [0.25, 0.3) is 11.3 Å². The molecular weight excluding hydrogens is 308 g/mol. The Labute approximate surface area is 141 Å². The van der Waals surface area contributed by atoms with Gasteiger partial charge in [0.05, 0.1) is 0 Å². The number of fused-ring (bicyclic) bond motifs is 3. The van der Waals surface area contributed by atoms with Crippen molar-refractivity contribution in [2.45, 2.75) is 50.9 Å². The highest BCUT2D eigenvalue weighted by Gasteiger charge is 2.22. The predicted molar refractivity (Wildman–Crippen MR) is 93.8 cm³/mol. The average Bonchev–Trinajstić information content (AvgIpc) is 2.69. The number of rotatable bonds is 6. The molecule has 3 rings (SSSR count). The molecule has 0 bridgehead atoms. The van der Waals surface area contributed by atoms with E-state index in [1.54, 1.807) is 11.8 Å². The maximum atomic E-state index is 5.89. The van der Waals surface area contributed by atoms with E-state index in [0.717, 1.165) is 17.0 Å². The van der Waals surface area contributed by atoms with Gasteiger partial charge in [0.25, 0.3) is 0 Å². The molecule has 1 aliphatic rings. The number of thioether (sulfide) groups is 1. The monoisotopic (exact) mass is 330 g/mol. The number of ether oxygens (including phenoxy) is 1. The molecule has 0 saturated carbocycles. The van der Waals surface area contributed by atoms with Gasteiger partial charge in [-0.2, -0.15) is 4.98 Å². The fourth-order valence-corrected chi connectivity index (χ4v) is 3.31. The van der Waals surface area contributed by atoms with E-state index in [0.29, 0.717) is 16.7 Å². The standard InChI is InChI=1S/C17H22N4OS/c1-3-4-5-8-11-23-17-19-16-15(20-21-17)13-9-6-7-10-14(13)18-12(2)22-16/h6-7,9-10,12,18H,3-5,8,11H2,1-2H3. The Kier molecular flexibility index (Phi) is 5.33. The molecule has 2 heterocycles. The Bertz CT molecular complexity index is 665. The third-order valence-corrected chi connectivity index (χ3v) is 4.62. The lowest BCUT2D eigenvalue weighted by molar-refractivity contribution is 0.240. The van der Waals surface area contributed by atoms with Crippen LogP contribution in [0.1, 0.15) is 39.5 Å². The smallest absolute Gasteiger partial charge is 0.247 e. The molecule has 122 valence electrons. The Morgan fingerprint density at radius 3 is 2.91 bits per heavy atom. The molecule has 23 heavy (non-hydrogen) atoms. The third kappa shape index (κ3) is 3.93. The van der Waals surface area contributed by atoms with E-state index in [1.807, 2.05) is 31.2 Å². The highest BCUT2D eigenvalue weighted by molar-refractivity contribution is 7.99. The van der Waals surface area contributed by atoms with E-state index in [2.05, 4.69) is 27.4 Å². The van der Waals surface area contributed by atoms with Gasteiger partial charge in [-0.25, -0.2) is 0 Å². The first-order valence-electron chi connectivity index (χ1n) is 8.18. The fourth-order valence-electron chi connectivity index (χ4n) is 2.53. The van der Waals surface area contributed by atoms with Gasteiger partial charge in [-0.1, -0.05) is 56.1 Å². The molecule has 0 saturated heterocycles. The zero-order chi connectivity index (χ0) is 16.1. The summed E-state index contributed by atoms with van der Waals surface area (Å²) >= 11 is 1.65. The second kappa shape index (κ2) is 7.64. The summed E-state index contributed by atoms with van der Waals surface area (Å²) in [6.45, 7) is 4.18. The molecule has 2 aromatic rings. The zero-order valence-corrected chi connectivity index (χ0v) is 14.4. The van der Waals surface area contributed by atoms with Crippen molar-refractivity contribution in [1.82, 2.24) is 15.2 Å². The first kappa shape index (κ1) is 16.1. The van der Waals surface area contributed by atoms with Gasteiger partial charge < -0.3 is 10.1 Å². The van der Waals surface area contributed by atoms with Gasteiger partial charge in [0.1, 0.15) is 0 Å². The number of nitrogens with zero attached hydrogens (tertiary/aromatic N) is 3. The molecule has 1 aliphatic heterocycles. The van der Waals surface area contributed by atoms with Crippen molar-refractivity contribution in [2.24, 2.45) is 0 Å². The van der Waals surface area contributed by atoms with Gasteiger partial charge in [-0.15, -0.1) is 10.2 Å². The summed E-state index contributed by atoms with van der Waals surface area (Å²) in [5.41, 5.74) is 2.67. The topological polar surface area (TPSA) is 59.9 Å². The van der Waals surface area contributed by atoms with Gasteiger partial charge in [-0.3, -0.25) is 0 Å². The molecule has 0 aliphatic carbocycles. The van der Waals surface area contributed by atoms with Crippen molar-refractivity contribution < 1.29 is 4.74 Å². The highest BCUT2D eigenvalue weighted by Crippen LogP contribution is 2.36. The van der Waals surface area contributed by atoms with E-state index >= 15 is 0 Å². The largest absolute Gasteiger partial charge is 0.452 e. The molecule has 1 aromatic carbocycles. The van der Waals surface area contributed by atoms with Crippen molar-refractivity contribution in [2.75, 3.05) is 11.1 Å². The number of benzene rings is 1. The predicted octanol–water partition coefficient (Wildman–Crippen LogP) is 4.36. The maximum Gasteiger partial charge on any atom is 0.247 e. The Morgan fingerprint density at radius 1 is 1.17 bits per heavy atom. The minimum absolute atomic E-state index is 0.156. The molecule has 5 nitrogen and oxygen atoms in total. The van der Waals surface area contributed by atoms with E-state index in [-0.39, 0.29) is 6.23 Å². The SMILES string of the molecule is CCCCCCSc1nnc2c(n1)OC(C)Nc1ccccc1-2. The van der Waals surface area contributed by atoms with Crippen molar-refractivity contribution in [3.63, 3.8) is 0 Å². The van der Waals surface area contributed by atoms with E-state index < -0.39 is 0 Å². The normalized spacial score (nSPS) is 15.8. The minimum atomic E-state index is -0.156. The molecular formula is C17H22N4OS. The van der Waals surface area contributed by atoms with Crippen LogP contribution in [0.2, 0.25) is 0 Å². The number of unbranched alkanes of at least 4 members (excludes halogenated alkanes) is 3. The maximum absolute atomic E-state index is 5.89. The average molecular weight is 330 g/mol. The molecule has 0 radical (unpaired) electrons. The van der Waals surface area contributed by atoms with Crippen LogP contribution in [0.3, 0.4) is 0 Å². The van der Waals surface area contributed by atoms with E-state index in [1.165, 1.54) is 25.7 Å². The van der Waals surface area contributed by atoms with Gasteiger partial charge >= 0.3 is 0 Å². The molecule has 0 amide bonds. The van der Waals surface area contributed by atoms with Crippen LogP contribution >= 0.6 is 11.8 Å². The second-order valence-electron chi connectivity index (χ2n) is 5.61. The quantitative estimate of drug-likeness (QED) is 0.627. The first-order valence-corrected chi connectivity index (χ1v) is 9.16.